The molecule has 0 unspecified atom stereocenters. The van der Waals surface area contributed by atoms with Crippen LogP contribution < -0.4 is 5.32 Å². The number of hydrogen-bond donors (Lipinski definition) is 1. The third-order valence-electron chi connectivity index (χ3n) is 2.63. The summed E-state index contributed by atoms with van der Waals surface area (Å²) in [4.78, 5) is 4.29. The van der Waals surface area contributed by atoms with E-state index in [1.165, 1.54) is 26.4 Å². The first-order valence-electron chi connectivity index (χ1n) is 5.81. The molecule has 0 aliphatic heterocycles. The van der Waals surface area contributed by atoms with Crippen molar-refractivity contribution in [3.8, 4) is 0 Å². The quantitative estimate of drug-likeness (QED) is 0.915. The van der Waals surface area contributed by atoms with Gasteiger partial charge in [0, 0.05) is 30.5 Å². The average Bonchev–Trinajstić information content (AvgIpc) is 2.42. The maximum Gasteiger partial charge on any atom is 0.244 e. The molecular formula is C13H14BrN3O2S. The Bertz CT molecular complexity index is 683. The molecule has 1 aromatic carbocycles. The number of benzene rings is 1. The number of aromatic nitrogens is 1. The van der Waals surface area contributed by atoms with E-state index in [1.54, 1.807) is 6.07 Å². The molecule has 0 aliphatic carbocycles. The summed E-state index contributed by atoms with van der Waals surface area (Å²) in [6.07, 6.45) is 1.34. The fraction of sp³-hybridized carbons (Fsp3) is 0.154. The van der Waals surface area contributed by atoms with Crippen LogP contribution in [-0.2, 0) is 10.0 Å². The largest absolute Gasteiger partial charge is 0.340 e. The highest BCUT2D eigenvalue weighted by Crippen LogP contribution is 2.19. The number of nitrogens with one attached hydrogen (secondary N) is 1. The van der Waals surface area contributed by atoms with E-state index >= 15 is 0 Å². The first kappa shape index (κ1) is 15.0. The number of anilines is 2. The molecule has 0 amide bonds. The zero-order valence-corrected chi connectivity index (χ0v) is 13.4. The van der Waals surface area contributed by atoms with Gasteiger partial charge in [-0.25, -0.2) is 17.7 Å². The zero-order valence-electron chi connectivity index (χ0n) is 11.0. The van der Waals surface area contributed by atoms with Crippen LogP contribution in [0.3, 0.4) is 0 Å². The Morgan fingerprint density at radius 3 is 2.25 bits per heavy atom. The van der Waals surface area contributed by atoms with E-state index in [4.69, 9.17) is 0 Å². The van der Waals surface area contributed by atoms with Crippen LogP contribution in [0.2, 0.25) is 0 Å². The summed E-state index contributed by atoms with van der Waals surface area (Å²) in [5, 5.41) is 3.10. The van der Waals surface area contributed by atoms with Crippen LogP contribution in [0.5, 0.6) is 0 Å². The number of sulfonamides is 1. The standard InChI is InChI=1S/C13H14BrN3O2S/c1-17(2)20(18,19)12-7-8-13(15-9-12)16-11-5-3-10(14)4-6-11/h3-9H,1-2H3,(H,15,16). The topological polar surface area (TPSA) is 62.3 Å². The van der Waals surface area contributed by atoms with Crippen molar-refractivity contribution in [2.24, 2.45) is 0 Å². The van der Waals surface area contributed by atoms with E-state index in [1.807, 2.05) is 24.3 Å². The molecule has 1 heterocycles. The highest BCUT2D eigenvalue weighted by molar-refractivity contribution is 9.10. The molecule has 0 aliphatic rings. The summed E-state index contributed by atoms with van der Waals surface area (Å²) in [7, 11) is -0.456. The molecular weight excluding hydrogens is 342 g/mol. The summed E-state index contributed by atoms with van der Waals surface area (Å²) in [5.41, 5.74) is 0.879. The van der Waals surface area contributed by atoms with E-state index in [2.05, 4.69) is 26.2 Å². The van der Waals surface area contributed by atoms with Crippen LogP contribution in [0.15, 0.2) is 52.0 Å². The van der Waals surface area contributed by atoms with Crippen molar-refractivity contribution in [3.63, 3.8) is 0 Å². The monoisotopic (exact) mass is 355 g/mol. The second kappa shape index (κ2) is 5.90. The van der Waals surface area contributed by atoms with Crippen LogP contribution in [-0.4, -0.2) is 31.8 Å². The summed E-state index contributed by atoms with van der Waals surface area (Å²) >= 11 is 3.36. The minimum atomic E-state index is -3.44. The van der Waals surface area contributed by atoms with Crippen molar-refractivity contribution < 1.29 is 8.42 Å². The van der Waals surface area contributed by atoms with Crippen molar-refractivity contribution in [2.45, 2.75) is 4.90 Å². The molecule has 2 aromatic rings. The number of rotatable bonds is 4. The van der Waals surface area contributed by atoms with E-state index in [-0.39, 0.29) is 4.90 Å². The SMILES string of the molecule is CN(C)S(=O)(=O)c1ccc(Nc2ccc(Br)cc2)nc1. The van der Waals surface area contributed by atoms with Crippen molar-refractivity contribution in [2.75, 3.05) is 19.4 Å². The predicted octanol–water partition coefficient (Wildman–Crippen LogP) is 2.84. The normalized spacial score (nSPS) is 11.6. The zero-order chi connectivity index (χ0) is 14.8. The lowest BCUT2D eigenvalue weighted by Crippen LogP contribution is -2.22. The third-order valence-corrected chi connectivity index (χ3v) is 4.96. The lowest BCUT2D eigenvalue weighted by Gasteiger charge is -2.11. The predicted molar refractivity (Wildman–Crippen MR) is 82.5 cm³/mol. The Morgan fingerprint density at radius 1 is 1.10 bits per heavy atom. The van der Waals surface area contributed by atoms with Crippen molar-refractivity contribution in [1.82, 2.24) is 9.29 Å². The van der Waals surface area contributed by atoms with Gasteiger partial charge in [-0.15, -0.1) is 0 Å². The van der Waals surface area contributed by atoms with Gasteiger partial charge in [-0.1, -0.05) is 15.9 Å². The Kier molecular flexibility index (Phi) is 4.42. The second-order valence-corrected chi connectivity index (χ2v) is 7.37. The highest BCUT2D eigenvalue weighted by atomic mass is 79.9. The smallest absolute Gasteiger partial charge is 0.244 e. The molecule has 0 saturated heterocycles. The Morgan fingerprint density at radius 2 is 1.75 bits per heavy atom. The Balaban J connectivity index is 2.19. The molecule has 0 fully saturated rings. The molecule has 106 valence electrons. The summed E-state index contributed by atoms with van der Waals surface area (Å²) < 4.78 is 25.9. The van der Waals surface area contributed by atoms with E-state index in [9.17, 15) is 8.42 Å². The first-order valence-corrected chi connectivity index (χ1v) is 8.04. The van der Waals surface area contributed by atoms with Gasteiger partial charge in [0.25, 0.3) is 0 Å². The van der Waals surface area contributed by atoms with Crippen LogP contribution in [0.25, 0.3) is 0 Å². The van der Waals surface area contributed by atoms with Crippen LogP contribution in [0.1, 0.15) is 0 Å². The number of halogens is 1. The van der Waals surface area contributed by atoms with Gasteiger partial charge in [-0.2, -0.15) is 0 Å². The molecule has 0 atom stereocenters. The van der Waals surface area contributed by atoms with Gasteiger partial charge in [0.15, 0.2) is 0 Å². The van der Waals surface area contributed by atoms with Crippen molar-refractivity contribution >= 4 is 37.5 Å². The summed E-state index contributed by atoms with van der Waals surface area (Å²) in [6.45, 7) is 0. The van der Waals surface area contributed by atoms with Gasteiger partial charge in [-0.3, -0.25) is 0 Å². The molecule has 0 spiro atoms. The highest BCUT2D eigenvalue weighted by Gasteiger charge is 2.17. The number of hydrogen-bond acceptors (Lipinski definition) is 4. The van der Waals surface area contributed by atoms with Gasteiger partial charge in [0.05, 0.1) is 0 Å². The lowest BCUT2D eigenvalue weighted by molar-refractivity contribution is 0.520. The number of pyridine rings is 1. The second-order valence-electron chi connectivity index (χ2n) is 4.30. The van der Waals surface area contributed by atoms with E-state index in [0.29, 0.717) is 5.82 Å². The van der Waals surface area contributed by atoms with Gasteiger partial charge < -0.3 is 5.32 Å². The van der Waals surface area contributed by atoms with Crippen LogP contribution >= 0.6 is 15.9 Å². The molecule has 2 rings (SSSR count). The molecule has 0 saturated carbocycles. The molecule has 7 heteroatoms. The van der Waals surface area contributed by atoms with Crippen molar-refractivity contribution in [1.29, 1.82) is 0 Å². The third kappa shape index (κ3) is 3.36. The van der Waals surface area contributed by atoms with E-state index < -0.39 is 10.0 Å². The summed E-state index contributed by atoms with van der Waals surface area (Å²) in [5.74, 6) is 0.588. The molecule has 0 bridgehead atoms. The average molecular weight is 356 g/mol. The van der Waals surface area contributed by atoms with E-state index in [0.717, 1.165) is 14.5 Å². The van der Waals surface area contributed by atoms with Crippen LogP contribution in [0, 0.1) is 0 Å². The number of nitrogens with zero attached hydrogens (tertiary/aromatic N) is 2. The van der Waals surface area contributed by atoms with Crippen molar-refractivity contribution in [3.05, 3.63) is 47.1 Å². The molecule has 1 aromatic heterocycles. The van der Waals surface area contributed by atoms with Gasteiger partial charge in [0.1, 0.15) is 10.7 Å². The fourth-order valence-corrected chi connectivity index (χ4v) is 2.61. The molecule has 20 heavy (non-hydrogen) atoms. The lowest BCUT2D eigenvalue weighted by atomic mass is 10.3. The van der Waals surface area contributed by atoms with Gasteiger partial charge >= 0.3 is 0 Å². The molecule has 1 N–H and O–H groups in total. The molecule has 5 nitrogen and oxygen atoms in total. The Hall–Kier alpha value is -1.44. The minimum absolute atomic E-state index is 0.170. The molecule has 0 radical (unpaired) electrons. The van der Waals surface area contributed by atoms with Gasteiger partial charge in [-0.05, 0) is 36.4 Å². The first-order chi connectivity index (χ1) is 9.39. The fourth-order valence-electron chi connectivity index (χ4n) is 1.50. The minimum Gasteiger partial charge on any atom is -0.340 e. The summed E-state index contributed by atoms with van der Waals surface area (Å²) in [6, 6.07) is 10.8. The maximum atomic E-state index is 11.9. The Labute approximate surface area is 126 Å². The maximum absolute atomic E-state index is 11.9. The van der Waals surface area contributed by atoms with Crippen LogP contribution in [0.4, 0.5) is 11.5 Å². The van der Waals surface area contributed by atoms with Gasteiger partial charge in [0.2, 0.25) is 10.0 Å².